The summed E-state index contributed by atoms with van der Waals surface area (Å²) < 4.78 is 16.2. The Morgan fingerprint density at radius 2 is 2.04 bits per heavy atom. The molecule has 2 N–H and O–H groups in total. The normalized spacial score (nSPS) is 15.3. The number of rotatable bonds is 5. The van der Waals surface area contributed by atoms with Crippen molar-refractivity contribution in [3.05, 3.63) is 42.0 Å². The van der Waals surface area contributed by atoms with Crippen LogP contribution in [0.3, 0.4) is 0 Å². The van der Waals surface area contributed by atoms with Crippen LogP contribution in [0.1, 0.15) is 24.2 Å². The van der Waals surface area contributed by atoms with E-state index in [1.165, 1.54) is 7.11 Å². The molecule has 0 saturated heterocycles. The molecule has 7 nitrogen and oxygen atoms in total. The van der Waals surface area contributed by atoms with Crippen molar-refractivity contribution in [3.8, 4) is 17.2 Å². The maximum Gasteiger partial charge on any atom is 0.265 e. The highest BCUT2D eigenvalue weighted by molar-refractivity contribution is 6.05. The van der Waals surface area contributed by atoms with Crippen LogP contribution in [0.25, 0.3) is 0 Å². The minimum atomic E-state index is -0.542. The highest BCUT2D eigenvalue weighted by Crippen LogP contribution is 2.33. The second-order valence-corrected chi connectivity index (χ2v) is 5.71. The quantitative estimate of drug-likeness (QED) is 0.860. The number of fused-ring (bicyclic) bond motifs is 1. The summed E-state index contributed by atoms with van der Waals surface area (Å²) in [6, 6.07) is 10.0. The Hall–Kier alpha value is -3.22. The molecule has 2 aromatic rings. The predicted molar refractivity (Wildman–Crippen MR) is 97.3 cm³/mol. The van der Waals surface area contributed by atoms with E-state index in [0.29, 0.717) is 40.8 Å². The molecular weight excluding hydrogens is 336 g/mol. The number of hydrogen-bond donors (Lipinski definition) is 2. The number of ether oxygens (including phenoxy) is 3. The van der Waals surface area contributed by atoms with E-state index in [1.807, 2.05) is 6.92 Å². The monoisotopic (exact) mass is 356 g/mol. The topological polar surface area (TPSA) is 85.9 Å². The van der Waals surface area contributed by atoms with Gasteiger partial charge in [0.1, 0.15) is 5.75 Å². The van der Waals surface area contributed by atoms with Crippen LogP contribution < -0.4 is 24.8 Å². The van der Waals surface area contributed by atoms with Gasteiger partial charge in [-0.05, 0) is 50.2 Å². The van der Waals surface area contributed by atoms with Crippen LogP contribution in [0.4, 0.5) is 11.4 Å². The number of carbonyl (C=O) groups is 2. The first kappa shape index (κ1) is 17.6. The molecule has 0 saturated carbocycles. The lowest BCUT2D eigenvalue weighted by molar-refractivity contribution is -0.122. The summed E-state index contributed by atoms with van der Waals surface area (Å²) in [6.07, 6.45) is -0.542. The smallest absolute Gasteiger partial charge is 0.265 e. The van der Waals surface area contributed by atoms with Gasteiger partial charge in [-0.1, -0.05) is 0 Å². The van der Waals surface area contributed by atoms with E-state index in [1.54, 1.807) is 43.3 Å². The molecule has 0 radical (unpaired) electrons. The van der Waals surface area contributed by atoms with Crippen molar-refractivity contribution in [3.63, 3.8) is 0 Å². The van der Waals surface area contributed by atoms with Crippen molar-refractivity contribution in [2.75, 3.05) is 24.4 Å². The zero-order valence-electron chi connectivity index (χ0n) is 14.8. The van der Waals surface area contributed by atoms with Crippen molar-refractivity contribution in [1.29, 1.82) is 0 Å². The van der Waals surface area contributed by atoms with E-state index in [4.69, 9.17) is 14.2 Å². The summed E-state index contributed by atoms with van der Waals surface area (Å²) in [7, 11) is 1.52. The fourth-order valence-corrected chi connectivity index (χ4v) is 2.57. The van der Waals surface area contributed by atoms with Crippen molar-refractivity contribution < 1.29 is 23.8 Å². The molecule has 136 valence electrons. The maximum absolute atomic E-state index is 12.5. The number of amides is 2. The van der Waals surface area contributed by atoms with Gasteiger partial charge in [0.05, 0.1) is 19.4 Å². The van der Waals surface area contributed by atoms with Crippen molar-refractivity contribution in [1.82, 2.24) is 0 Å². The van der Waals surface area contributed by atoms with Gasteiger partial charge in [0.15, 0.2) is 17.6 Å². The van der Waals surface area contributed by atoms with Gasteiger partial charge in [-0.15, -0.1) is 0 Å². The number of nitrogens with one attached hydrogen (secondary N) is 2. The van der Waals surface area contributed by atoms with Gasteiger partial charge in [0, 0.05) is 11.3 Å². The summed E-state index contributed by atoms with van der Waals surface area (Å²) in [5.74, 6) is 1.10. The highest BCUT2D eigenvalue weighted by Gasteiger charge is 2.23. The van der Waals surface area contributed by atoms with Crippen LogP contribution >= 0.6 is 0 Å². The van der Waals surface area contributed by atoms with E-state index < -0.39 is 6.10 Å². The fourth-order valence-electron chi connectivity index (χ4n) is 2.57. The third kappa shape index (κ3) is 3.56. The molecule has 1 atom stereocenters. The Balaban J connectivity index is 1.78. The lowest BCUT2D eigenvalue weighted by Crippen LogP contribution is -2.34. The van der Waals surface area contributed by atoms with Gasteiger partial charge < -0.3 is 24.8 Å². The van der Waals surface area contributed by atoms with E-state index in [0.717, 1.165) is 0 Å². The zero-order valence-corrected chi connectivity index (χ0v) is 14.8. The number of anilines is 2. The molecule has 0 unspecified atom stereocenters. The van der Waals surface area contributed by atoms with Crippen LogP contribution in [-0.4, -0.2) is 31.6 Å². The Morgan fingerprint density at radius 3 is 2.77 bits per heavy atom. The van der Waals surface area contributed by atoms with Crippen LogP contribution in [-0.2, 0) is 4.79 Å². The van der Waals surface area contributed by atoms with E-state index in [-0.39, 0.29) is 11.8 Å². The standard InChI is InChI=1S/C19H20N2O5/c1-4-25-16-7-5-12(9-17(16)24-3)19(23)20-13-6-8-15-14(10-13)21-18(22)11(2)26-15/h5-11H,4H2,1-3H3,(H,20,23)(H,21,22)/t11-/m0/s1. The zero-order chi connectivity index (χ0) is 18.7. The summed E-state index contributed by atoms with van der Waals surface area (Å²) >= 11 is 0. The lowest BCUT2D eigenvalue weighted by Gasteiger charge is -2.23. The summed E-state index contributed by atoms with van der Waals surface area (Å²) in [5, 5.41) is 5.55. The Kier molecular flexibility index (Phi) is 4.97. The van der Waals surface area contributed by atoms with Crippen LogP contribution in [0.15, 0.2) is 36.4 Å². The average Bonchev–Trinajstić information content (AvgIpc) is 2.63. The van der Waals surface area contributed by atoms with Crippen LogP contribution in [0, 0.1) is 0 Å². The Morgan fingerprint density at radius 1 is 1.23 bits per heavy atom. The maximum atomic E-state index is 12.5. The number of methoxy groups -OCH3 is 1. The SMILES string of the molecule is CCOc1ccc(C(=O)Nc2ccc3c(c2)NC(=O)[C@H](C)O3)cc1OC. The molecule has 3 rings (SSSR count). The molecule has 0 aliphatic carbocycles. The van der Waals surface area contributed by atoms with Crippen LogP contribution in [0.2, 0.25) is 0 Å². The fraction of sp³-hybridized carbons (Fsp3) is 0.263. The number of carbonyl (C=O) groups excluding carboxylic acids is 2. The third-order valence-corrected chi connectivity index (χ3v) is 3.89. The minimum absolute atomic E-state index is 0.225. The van der Waals surface area contributed by atoms with Crippen molar-refractivity contribution in [2.24, 2.45) is 0 Å². The van der Waals surface area contributed by atoms with Gasteiger partial charge in [-0.2, -0.15) is 0 Å². The van der Waals surface area contributed by atoms with Crippen LogP contribution in [0.5, 0.6) is 17.2 Å². The van der Waals surface area contributed by atoms with Gasteiger partial charge in [-0.3, -0.25) is 9.59 Å². The first-order chi connectivity index (χ1) is 12.5. The lowest BCUT2D eigenvalue weighted by atomic mass is 10.1. The third-order valence-electron chi connectivity index (χ3n) is 3.89. The first-order valence-corrected chi connectivity index (χ1v) is 8.25. The van der Waals surface area contributed by atoms with Crippen molar-refractivity contribution in [2.45, 2.75) is 20.0 Å². The second kappa shape index (κ2) is 7.35. The average molecular weight is 356 g/mol. The summed E-state index contributed by atoms with van der Waals surface area (Å²) in [4.78, 5) is 24.2. The van der Waals surface area contributed by atoms with E-state index in [9.17, 15) is 9.59 Å². The van der Waals surface area contributed by atoms with Gasteiger partial charge in [0.2, 0.25) is 0 Å². The molecule has 1 heterocycles. The van der Waals surface area contributed by atoms with E-state index in [2.05, 4.69) is 10.6 Å². The molecule has 26 heavy (non-hydrogen) atoms. The molecule has 2 amide bonds. The van der Waals surface area contributed by atoms with Gasteiger partial charge in [0.25, 0.3) is 11.8 Å². The van der Waals surface area contributed by atoms with Gasteiger partial charge in [-0.25, -0.2) is 0 Å². The molecule has 7 heteroatoms. The highest BCUT2D eigenvalue weighted by atomic mass is 16.5. The molecule has 0 aromatic heterocycles. The summed E-state index contributed by atoms with van der Waals surface area (Å²) in [6.45, 7) is 4.05. The molecule has 2 aromatic carbocycles. The number of hydrogen-bond acceptors (Lipinski definition) is 5. The molecule has 0 fully saturated rings. The molecule has 0 bridgehead atoms. The van der Waals surface area contributed by atoms with Crippen molar-refractivity contribution >= 4 is 23.2 Å². The molecule has 0 spiro atoms. The molecule has 1 aliphatic heterocycles. The summed E-state index contributed by atoms with van der Waals surface area (Å²) in [5.41, 5.74) is 1.49. The Bertz CT molecular complexity index is 850. The largest absolute Gasteiger partial charge is 0.493 e. The molecule has 1 aliphatic rings. The molecular formula is C19H20N2O5. The van der Waals surface area contributed by atoms with E-state index >= 15 is 0 Å². The predicted octanol–water partition coefficient (Wildman–Crippen LogP) is 3.07. The second-order valence-electron chi connectivity index (χ2n) is 5.71. The number of benzene rings is 2. The first-order valence-electron chi connectivity index (χ1n) is 8.25. The minimum Gasteiger partial charge on any atom is -0.493 e. The van der Waals surface area contributed by atoms with Gasteiger partial charge >= 0.3 is 0 Å². The Labute approximate surface area is 151 Å².